The van der Waals surface area contributed by atoms with E-state index in [2.05, 4.69) is 21.1 Å². The number of anilines is 1. The predicted octanol–water partition coefficient (Wildman–Crippen LogP) is 3.69. The maximum Gasteiger partial charge on any atom is 0.247 e. The molecule has 0 aliphatic carbocycles. The molecule has 1 aromatic carbocycles. The fraction of sp³-hybridized carbons (Fsp3) is 0.294. The third kappa shape index (κ3) is 4.40. The summed E-state index contributed by atoms with van der Waals surface area (Å²) in [7, 11) is 0. The molecule has 1 heterocycles. The van der Waals surface area contributed by atoms with E-state index in [1.807, 2.05) is 17.0 Å². The van der Waals surface area contributed by atoms with Gasteiger partial charge in [0.1, 0.15) is 11.1 Å². The highest BCUT2D eigenvalue weighted by Gasteiger charge is 2.14. The van der Waals surface area contributed by atoms with Crippen LogP contribution in [0, 0.1) is 24.8 Å². The Morgan fingerprint density at radius 1 is 1.20 bits per heavy atom. The van der Waals surface area contributed by atoms with Gasteiger partial charge in [-0.2, -0.15) is 5.26 Å². The summed E-state index contributed by atoms with van der Waals surface area (Å²) in [6, 6.07) is 9.26. The number of thiophene rings is 1. The SMILES string of the molecule is [C-]#[N+]c1sc(N=Nc2ccc(N(CCO)CCO)cc2)c(C#N)c1C. The minimum absolute atomic E-state index is 0.000484. The minimum atomic E-state index is -0.000484. The number of hydrogen-bond acceptors (Lipinski definition) is 7. The van der Waals surface area contributed by atoms with Crippen LogP contribution in [0.4, 0.5) is 21.4 Å². The normalized spacial score (nSPS) is 10.6. The monoisotopic (exact) mass is 355 g/mol. The van der Waals surface area contributed by atoms with Crippen molar-refractivity contribution in [3.63, 3.8) is 0 Å². The number of hydrogen-bond donors (Lipinski definition) is 2. The Kier molecular flexibility index (Phi) is 6.61. The van der Waals surface area contributed by atoms with Crippen molar-refractivity contribution in [1.29, 1.82) is 5.26 Å². The second-order valence-electron chi connectivity index (χ2n) is 5.09. The van der Waals surface area contributed by atoms with Gasteiger partial charge in [0, 0.05) is 18.8 Å². The van der Waals surface area contributed by atoms with Crippen LogP contribution in [0.15, 0.2) is 34.5 Å². The summed E-state index contributed by atoms with van der Waals surface area (Å²) >= 11 is 1.15. The van der Waals surface area contributed by atoms with E-state index in [-0.39, 0.29) is 13.2 Å². The molecule has 0 aliphatic rings. The molecule has 0 amide bonds. The number of azo groups is 1. The van der Waals surface area contributed by atoms with E-state index < -0.39 is 0 Å². The van der Waals surface area contributed by atoms with Crippen LogP contribution < -0.4 is 4.90 Å². The van der Waals surface area contributed by atoms with Gasteiger partial charge in [0.05, 0.1) is 31.0 Å². The van der Waals surface area contributed by atoms with Gasteiger partial charge in [0.2, 0.25) is 5.00 Å². The number of nitriles is 1. The molecule has 0 radical (unpaired) electrons. The molecule has 128 valence electrons. The molecule has 0 saturated carbocycles. The Morgan fingerprint density at radius 2 is 1.84 bits per heavy atom. The van der Waals surface area contributed by atoms with E-state index in [4.69, 9.17) is 16.8 Å². The summed E-state index contributed by atoms with van der Waals surface area (Å²) in [4.78, 5) is 5.25. The van der Waals surface area contributed by atoms with Crippen LogP contribution in [0.1, 0.15) is 11.1 Å². The zero-order chi connectivity index (χ0) is 18.2. The summed E-state index contributed by atoms with van der Waals surface area (Å²) < 4.78 is 0. The number of rotatable bonds is 7. The summed E-state index contributed by atoms with van der Waals surface area (Å²) in [6.07, 6.45) is 0. The fourth-order valence-corrected chi connectivity index (χ4v) is 3.11. The Labute approximate surface area is 149 Å². The molecule has 0 unspecified atom stereocenters. The second-order valence-corrected chi connectivity index (χ2v) is 6.06. The molecule has 2 aromatic rings. The number of aliphatic hydroxyl groups excluding tert-OH is 2. The average molecular weight is 355 g/mol. The topological polar surface area (TPSA) is 96.6 Å². The van der Waals surface area contributed by atoms with Crippen molar-refractivity contribution in [2.75, 3.05) is 31.2 Å². The molecule has 0 atom stereocenters. The molecule has 7 nitrogen and oxygen atoms in total. The van der Waals surface area contributed by atoms with Gasteiger partial charge in [-0.1, -0.05) is 0 Å². The smallest absolute Gasteiger partial charge is 0.247 e. The van der Waals surface area contributed by atoms with Gasteiger partial charge >= 0.3 is 0 Å². The highest BCUT2D eigenvalue weighted by Crippen LogP contribution is 2.41. The van der Waals surface area contributed by atoms with Gasteiger partial charge in [-0.05, 0) is 36.8 Å². The lowest BCUT2D eigenvalue weighted by molar-refractivity contribution is 0.281. The molecular formula is C17H17N5O2S. The van der Waals surface area contributed by atoms with Gasteiger partial charge in [-0.25, -0.2) is 4.85 Å². The third-order valence-electron chi connectivity index (χ3n) is 3.53. The number of nitrogens with zero attached hydrogens (tertiary/aromatic N) is 5. The van der Waals surface area contributed by atoms with Crippen LogP contribution in [0.5, 0.6) is 0 Å². The molecule has 2 rings (SSSR count). The van der Waals surface area contributed by atoms with Crippen LogP contribution in [0.25, 0.3) is 4.85 Å². The first-order valence-electron chi connectivity index (χ1n) is 7.54. The quantitative estimate of drug-likeness (QED) is 0.585. The maximum atomic E-state index is 9.21. The van der Waals surface area contributed by atoms with Crippen molar-refractivity contribution in [3.05, 3.63) is 46.8 Å². The average Bonchev–Trinajstić information content (AvgIpc) is 2.95. The van der Waals surface area contributed by atoms with Crippen LogP contribution >= 0.6 is 11.3 Å². The molecule has 0 aliphatic heterocycles. The molecular weight excluding hydrogens is 338 g/mol. The van der Waals surface area contributed by atoms with Gasteiger partial charge < -0.3 is 15.1 Å². The standard InChI is InChI=1S/C17H17N5O2S/c1-12-15(11-18)17(25-16(12)19-2)21-20-13-3-5-14(6-4-13)22(7-9-23)8-10-24/h3-6,23-24H,7-10H2,1H3. The summed E-state index contributed by atoms with van der Waals surface area (Å²) in [5.41, 5.74) is 2.49. The molecule has 0 bridgehead atoms. The Bertz CT molecular complexity index is 824. The largest absolute Gasteiger partial charge is 0.395 e. The van der Waals surface area contributed by atoms with Gasteiger partial charge in [-0.15, -0.1) is 21.6 Å². The first-order chi connectivity index (χ1) is 12.1. The Balaban J connectivity index is 2.20. The Morgan fingerprint density at radius 3 is 2.36 bits per heavy atom. The lowest BCUT2D eigenvalue weighted by Crippen LogP contribution is -2.29. The van der Waals surface area contributed by atoms with Gasteiger partial charge in [0.15, 0.2) is 0 Å². The highest BCUT2D eigenvalue weighted by atomic mass is 32.1. The van der Waals surface area contributed by atoms with Crippen LogP contribution in [-0.4, -0.2) is 36.5 Å². The Hall–Kier alpha value is -2.78. The van der Waals surface area contributed by atoms with E-state index in [1.165, 1.54) is 0 Å². The van der Waals surface area contributed by atoms with E-state index >= 15 is 0 Å². The molecule has 8 heteroatoms. The van der Waals surface area contributed by atoms with Crippen molar-refractivity contribution < 1.29 is 10.2 Å². The molecule has 0 saturated heterocycles. The fourth-order valence-electron chi connectivity index (χ4n) is 2.24. The third-order valence-corrected chi connectivity index (χ3v) is 4.60. The van der Waals surface area contributed by atoms with Crippen molar-refractivity contribution >= 4 is 32.7 Å². The van der Waals surface area contributed by atoms with Crippen LogP contribution in [0.2, 0.25) is 0 Å². The first-order valence-corrected chi connectivity index (χ1v) is 8.35. The van der Waals surface area contributed by atoms with Crippen LogP contribution in [-0.2, 0) is 0 Å². The van der Waals surface area contributed by atoms with E-state index in [1.54, 1.807) is 19.1 Å². The lowest BCUT2D eigenvalue weighted by Gasteiger charge is -2.22. The number of aliphatic hydroxyl groups is 2. The van der Waals surface area contributed by atoms with Gasteiger partial charge in [0.25, 0.3) is 0 Å². The van der Waals surface area contributed by atoms with E-state index in [0.29, 0.717) is 39.9 Å². The molecule has 2 N–H and O–H groups in total. The van der Waals surface area contributed by atoms with Crippen molar-refractivity contribution in [3.8, 4) is 6.07 Å². The number of benzene rings is 1. The summed E-state index contributed by atoms with van der Waals surface area (Å²) in [6.45, 7) is 9.70. The zero-order valence-corrected chi connectivity index (χ0v) is 14.5. The minimum Gasteiger partial charge on any atom is -0.395 e. The molecule has 0 fully saturated rings. The summed E-state index contributed by atoms with van der Waals surface area (Å²) in [5.74, 6) is 0. The first kappa shape index (κ1) is 18.6. The van der Waals surface area contributed by atoms with Crippen molar-refractivity contribution in [2.45, 2.75) is 6.92 Å². The second kappa shape index (κ2) is 8.90. The predicted molar refractivity (Wildman–Crippen MR) is 97.0 cm³/mol. The van der Waals surface area contributed by atoms with Gasteiger partial charge in [-0.3, -0.25) is 0 Å². The molecule has 0 spiro atoms. The van der Waals surface area contributed by atoms with E-state index in [0.717, 1.165) is 17.0 Å². The lowest BCUT2D eigenvalue weighted by atomic mass is 10.2. The van der Waals surface area contributed by atoms with Crippen LogP contribution in [0.3, 0.4) is 0 Å². The zero-order valence-electron chi connectivity index (χ0n) is 13.7. The van der Waals surface area contributed by atoms with Crippen molar-refractivity contribution in [1.82, 2.24) is 0 Å². The molecule has 25 heavy (non-hydrogen) atoms. The summed E-state index contributed by atoms with van der Waals surface area (Å²) in [5, 5.41) is 36.5. The van der Waals surface area contributed by atoms with Crippen molar-refractivity contribution in [2.24, 2.45) is 10.2 Å². The molecule has 1 aromatic heterocycles. The van der Waals surface area contributed by atoms with E-state index in [9.17, 15) is 5.26 Å². The maximum absolute atomic E-state index is 9.21. The highest BCUT2D eigenvalue weighted by molar-refractivity contribution is 7.20.